The normalized spacial score (nSPS) is 20.9. The number of carbonyl (C=O) groups is 1. The fraction of sp³-hybridized carbons (Fsp3) is 0.350. The molecule has 0 aliphatic carbocycles. The molecule has 2 heterocycles. The van der Waals surface area contributed by atoms with Gasteiger partial charge in [0.25, 0.3) is 0 Å². The fourth-order valence-electron chi connectivity index (χ4n) is 3.14. The molecule has 1 aliphatic heterocycles. The topological polar surface area (TPSA) is 91.8 Å². The standard InChI is InChI=1S/C20H22N4O/c1-13-4-2-3-5-17(22)19-11-15(8-9-23-19)16-7-6-14(12-21)10-18(16)24-20(13)25/h6-11,13,17H,2-5,22H2,1H3,(H,24,25)/t13-,17+/m1/s1. The van der Waals surface area contributed by atoms with Crippen molar-refractivity contribution in [3.63, 3.8) is 0 Å². The Balaban J connectivity index is 2.10. The molecule has 0 radical (unpaired) electrons. The number of hydrogen-bond acceptors (Lipinski definition) is 4. The van der Waals surface area contributed by atoms with E-state index in [4.69, 9.17) is 5.73 Å². The Morgan fingerprint density at radius 1 is 1.24 bits per heavy atom. The number of amides is 1. The Hall–Kier alpha value is -2.71. The zero-order valence-electron chi connectivity index (χ0n) is 14.3. The summed E-state index contributed by atoms with van der Waals surface area (Å²) in [6.07, 6.45) is 5.34. The molecule has 0 fully saturated rings. The Bertz CT molecular complexity index is 825. The molecule has 3 rings (SSSR count). The number of nitrogens with two attached hydrogens (primary N) is 1. The van der Waals surface area contributed by atoms with E-state index >= 15 is 0 Å². The van der Waals surface area contributed by atoms with Gasteiger partial charge in [0.05, 0.1) is 17.3 Å². The van der Waals surface area contributed by atoms with E-state index in [9.17, 15) is 10.1 Å². The van der Waals surface area contributed by atoms with Gasteiger partial charge < -0.3 is 11.1 Å². The summed E-state index contributed by atoms with van der Waals surface area (Å²) in [6.45, 7) is 1.93. The first kappa shape index (κ1) is 17.1. The van der Waals surface area contributed by atoms with Crippen molar-refractivity contribution in [2.45, 2.75) is 38.6 Å². The number of hydrogen-bond donors (Lipinski definition) is 2. The summed E-state index contributed by atoms with van der Waals surface area (Å²) >= 11 is 0. The second-order valence-corrected chi connectivity index (χ2v) is 6.62. The summed E-state index contributed by atoms with van der Waals surface area (Å²) < 4.78 is 0. The second kappa shape index (κ2) is 7.45. The third kappa shape index (κ3) is 3.86. The molecule has 2 atom stereocenters. The van der Waals surface area contributed by atoms with E-state index in [0.29, 0.717) is 11.3 Å². The molecule has 3 N–H and O–H groups in total. The molecule has 0 saturated carbocycles. The Kier molecular flexibility index (Phi) is 5.11. The van der Waals surface area contributed by atoms with Crippen molar-refractivity contribution < 1.29 is 4.79 Å². The van der Waals surface area contributed by atoms with Crippen LogP contribution in [-0.4, -0.2) is 10.9 Å². The lowest BCUT2D eigenvalue weighted by molar-refractivity contribution is -0.119. The first-order chi connectivity index (χ1) is 12.1. The van der Waals surface area contributed by atoms with E-state index < -0.39 is 0 Å². The van der Waals surface area contributed by atoms with Gasteiger partial charge in [0.1, 0.15) is 0 Å². The number of rotatable bonds is 0. The summed E-state index contributed by atoms with van der Waals surface area (Å²) in [7, 11) is 0. The molecule has 128 valence electrons. The molecular formula is C20H22N4O. The molecule has 2 aromatic rings. The summed E-state index contributed by atoms with van der Waals surface area (Å²) in [5.41, 5.74) is 10.1. The van der Waals surface area contributed by atoms with E-state index in [1.165, 1.54) is 0 Å². The molecule has 1 aromatic carbocycles. The minimum atomic E-state index is -0.110. The summed E-state index contributed by atoms with van der Waals surface area (Å²) in [4.78, 5) is 16.9. The number of carbonyl (C=O) groups excluding carboxylic acids is 1. The van der Waals surface area contributed by atoms with E-state index in [1.807, 2.05) is 25.1 Å². The van der Waals surface area contributed by atoms with Gasteiger partial charge in [-0.3, -0.25) is 9.78 Å². The van der Waals surface area contributed by atoms with Crippen molar-refractivity contribution in [2.75, 3.05) is 5.32 Å². The number of aromatic nitrogens is 1. The van der Waals surface area contributed by atoms with Crippen LogP contribution in [0.5, 0.6) is 0 Å². The van der Waals surface area contributed by atoms with Crippen LogP contribution in [0.4, 0.5) is 5.69 Å². The van der Waals surface area contributed by atoms with Crippen molar-refractivity contribution in [1.29, 1.82) is 5.26 Å². The van der Waals surface area contributed by atoms with E-state index in [2.05, 4.69) is 16.4 Å². The molecule has 0 saturated heterocycles. The molecular weight excluding hydrogens is 312 g/mol. The van der Waals surface area contributed by atoms with Gasteiger partial charge in [-0.2, -0.15) is 5.26 Å². The van der Waals surface area contributed by atoms with Gasteiger partial charge in [-0.05, 0) is 42.7 Å². The highest BCUT2D eigenvalue weighted by Crippen LogP contribution is 2.31. The summed E-state index contributed by atoms with van der Waals surface area (Å²) in [5, 5.41) is 12.2. The molecule has 1 aromatic heterocycles. The number of nitriles is 1. The molecule has 1 amide bonds. The lowest BCUT2D eigenvalue weighted by Crippen LogP contribution is -2.20. The number of nitrogens with zero attached hydrogens (tertiary/aromatic N) is 2. The lowest BCUT2D eigenvalue weighted by Gasteiger charge is -2.15. The van der Waals surface area contributed by atoms with Crippen molar-refractivity contribution >= 4 is 11.6 Å². The highest BCUT2D eigenvalue weighted by molar-refractivity contribution is 5.97. The van der Waals surface area contributed by atoms with Gasteiger partial charge in [-0.15, -0.1) is 0 Å². The van der Waals surface area contributed by atoms with E-state index in [0.717, 1.165) is 42.5 Å². The van der Waals surface area contributed by atoms with Gasteiger partial charge >= 0.3 is 0 Å². The fourth-order valence-corrected chi connectivity index (χ4v) is 3.14. The first-order valence-corrected chi connectivity index (χ1v) is 8.65. The van der Waals surface area contributed by atoms with Gasteiger partial charge in [0, 0.05) is 29.4 Å². The molecule has 5 heteroatoms. The van der Waals surface area contributed by atoms with E-state index in [1.54, 1.807) is 18.3 Å². The van der Waals surface area contributed by atoms with Crippen LogP contribution in [0.2, 0.25) is 0 Å². The number of benzene rings is 1. The quantitative estimate of drug-likeness (QED) is 0.767. The second-order valence-electron chi connectivity index (χ2n) is 6.62. The predicted octanol–water partition coefficient (Wildman–Crippen LogP) is 3.77. The Morgan fingerprint density at radius 2 is 2.04 bits per heavy atom. The molecule has 5 nitrogen and oxygen atoms in total. The number of nitrogens with one attached hydrogen (secondary N) is 1. The van der Waals surface area contributed by atoms with Crippen LogP contribution in [0.1, 0.15) is 49.9 Å². The van der Waals surface area contributed by atoms with Gasteiger partial charge in [-0.25, -0.2) is 0 Å². The molecule has 0 spiro atoms. The SMILES string of the molecule is C[C@@H]1CCCC[C@H](N)c2cc(ccn2)-c2ccc(C#N)cc2NC1=O. The van der Waals surface area contributed by atoms with Crippen molar-refractivity contribution in [2.24, 2.45) is 11.7 Å². The van der Waals surface area contributed by atoms with Crippen LogP contribution in [0, 0.1) is 17.2 Å². The smallest absolute Gasteiger partial charge is 0.227 e. The molecule has 25 heavy (non-hydrogen) atoms. The zero-order chi connectivity index (χ0) is 17.8. The van der Waals surface area contributed by atoms with Crippen molar-refractivity contribution in [1.82, 2.24) is 4.98 Å². The minimum absolute atomic E-state index is 0.0193. The van der Waals surface area contributed by atoms with Gasteiger partial charge in [0.15, 0.2) is 0 Å². The van der Waals surface area contributed by atoms with Gasteiger partial charge in [-0.1, -0.05) is 25.8 Å². The maximum Gasteiger partial charge on any atom is 0.227 e. The van der Waals surface area contributed by atoms with Gasteiger partial charge in [0.2, 0.25) is 5.91 Å². The maximum atomic E-state index is 12.5. The minimum Gasteiger partial charge on any atom is -0.325 e. The van der Waals surface area contributed by atoms with Crippen LogP contribution >= 0.6 is 0 Å². The molecule has 0 unspecified atom stereocenters. The van der Waals surface area contributed by atoms with Crippen molar-refractivity contribution in [3.05, 3.63) is 47.8 Å². The first-order valence-electron chi connectivity index (χ1n) is 8.65. The average Bonchev–Trinajstić information content (AvgIpc) is 2.64. The highest BCUT2D eigenvalue weighted by Gasteiger charge is 2.18. The third-order valence-electron chi connectivity index (χ3n) is 4.73. The van der Waals surface area contributed by atoms with E-state index in [-0.39, 0.29) is 17.9 Å². The van der Waals surface area contributed by atoms with Crippen LogP contribution < -0.4 is 11.1 Å². The zero-order valence-corrected chi connectivity index (χ0v) is 14.3. The number of fused-ring (bicyclic) bond motifs is 4. The summed E-state index contributed by atoms with van der Waals surface area (Å²) in [5.74, 6) is -0.106. The highest BCUT2D eigenvalue weighted by atomic mass is 16.1. The Labute approximate surface area is 147 Å². The maximum absolute atomic E-state index is 12.5. The molecule has 1 aliphatic rings. The number of anilines is 1. The summed E-state index contributed by atoms with van der Waals surface area (Å²) in [6, 6.07) is 11.2. The van der Waals surface area contributed by atoms with Crippen molar-refractivity contribution in [3.8, 4) is 17.2 Å². The van der Waals surface area contributed by atoms with Crippen LogP contribution in [-0.2, 0) is 4.79 Å². The number of pyridine rings is 1. The Morgan fingerprint density at radius 3 is 2.84 bits per heavy atom. The van der Waals surface area contributed by atoms with Crippen LogP contribution in [0.3, 0.4) is 0 Å². The average molecular weight is 334 g/mol. The predicted molar refractivity (Wildman–Crippen MR) is 97.6 cm³/mol. The van der Waals surface area contributed by atoms with Crippen LogP contribution in [0.25, 0.3) is 11.1 Å². The lowest BCUT2D eigenvalue weighted by atomic mass is 9.99. The molecule has 2 bridgehead atoms. The largest absolute Gasteiger partial charge is 0.325 e. The monoisotopic (exact) mass is 334 g/mol. The van der Waals surface area contributed by atoms with Crippen LogP contribution in [0.15, 0.2) is 36.5 Å². The third-order valence-corrected chi connectivity index (χ3v) is 4.73.